The van der Waals surface area contributed by atoms with Crippen LogP contribution >= 0.6 is 0 Å². The fourth-order valence-electron chi connectivity index (χ4n) is 3.80. The molecule has 0 saturated carbocycles. The van der Waals surface area contributed by atoms with Gasteiger partial charge in [0.1, 0.15) is 11.2 Å². The van der Waals surface area contributed by atoms with E-state index in [0.717, 1.165) is 11.2 Å². The van der Waals surface area contributed by atoms with Gasteiger partial charge in [-0.15, -0.1) is 0 Å². The van der Waals surface area contributed by atoms with Crippen LogP contribution in [0.2, 0.25) is 0 Å². The van der Waals surface area contributed by atoms with Crippen LogP contribution < -0.4 is 0 Å². The first-order valence-electron chi connectivity index (χ1n) is 8.47. The van der Waals surface area contributed by atoms with E-state index < -0.39 is 0 Å². The van der Waals surface area contributed by atoms with Gasteiger partial charge in [-0.2, -0.15) is 0 Å². The van der Waals surface area contributed by atoms with Gasteiger partial charge in [-0.1, -0.05) is 44.2 Å². The van der Waals surface area contributed by atoms with Crippen molar-refractivity contribution in [2.45, 2.75) is 19.8 Å². The minimum atomic E-state index is 0.505. The summed E-state index contributed by atoms with van der Waals surface area (Å²) in [6.07, 6.45) is 0. The quantitative estimate of drug-likeness (QED) is 0.352. The van der Waals surface area contributed by atoms with Gasteiger partial charge in [-0.05, 0) is 29.7 Å². The zero-order valence-corrected chi connectivity index (χ0v) is 14.1. The normalized spacial score (nSPS) is 12.3. The van der Waals surface area contributed by atoms with Crippen LogP contribution in [0.4, 0.5) is 0 Å². The summed E-state index contributed by atoms with van der Waals surface area (Å²) in [7, 11) is 2.12. The second-order valence-corrected chi connectivity index (χ2v) is 6.95. The van der Waals surface area contributed by atoms with Gasteiger partial charge in [0.25, 0.3) is 0 Å². The van der Waals surface area contributed by atoms with Gasteiger partial charge >= 0.3 is 0 Å². The van der Waals surface area contributed by atoms with E-state index in [1.807, 2.05) is 0 Å². The Morgan fingerprint density at radius 3 is 2.38 bits per heavy atom. The van der Waals surface area contributed by atoms with Crippen molar-refractivity contribution in [2.24, 2.45) is 7.05 Å². The van der Waals surface area contributed by atoms with E-state index in [0.29, 0.717) is 5.92 Å². The molecule has 24 heavy (non-hydrogen) atoms. The van der Waals surface area contributed by atoms with Crippen LogP contribution in [-0.2, 0) is 7.05 Å². The molecule has 2 heteroatoms. The second kappa shape index (κ2) is 4.64. The molecular formula is C22H19NO. The molecule has 0 saturated heterocycles. The summed E-state index contributed by atoms with van der Waals surface area (Å²) in [5.41, 5.74) is 5.73. The molecule has 0 radical (unpaired) electrons. The molecule has 0 aliphatic heterocycles. The molecule has 0 aliphatic rings. The monoisotopic (exact) mass is 313 g/mol. The lowest BCUT2D eigenvalue weighted by Gasteiger charge is -2.03. The molecule has 0 aliphatic carbocycles. The largest absolute Gasteiger partial charge is 0.456 e. The van der Waals surface area contributed by atoms with Crippen molar-refractivity contribution in [2.75, 3.05) is 0 Å². The van der Waals surface area contributed by atoms with Crippen LogP contribution in [0.15, 0.2) is 59.0 Å². The second-order valence-electron chi connectivity index (χ2n) is 6.95. The minimum absolute atomic E-state index is 0.505. The van der Waals surface area contributed by atoms with E-state index >= 15 is 0 Å². The fraction of sp³-hybridized carbons (Fsp3) is 0.182. The highest BCUT2D eigenvalue weighted by Crippen LogP contribution is 2.36. The number of aromatic nitrogens is 1. The number of benzene rings is 3. The number of furan rings is 1. The zero-order valence-electron chi connectivity index (χ0n) is 14.1. The predicted molar refractivity (Wildman–Crippen MR) is 102 cm³/mol. The van der Waals surface area contributed by atoms with Crippen LogP contribution in [0.25, 0.3) is 43.7 Å². The van der Waals surface area contributed by atoms with E-state index in [1.165, 1.54) is 38.1 Å². The predicted octanol–water partition coefficient (Wildman–Crippen LogP) is 6.35. The highest BCUT2D eigenvalue weighted by molar-refractivity contribution is 6.16. The average Bonchev–Trinajstić information content (AvgIpc) is 3.09. The summed E-state index contributed by atoms with van der Waals surface area (Å²) in [5, 5.41) is 4.98. The molecular weight excluding hydrogens is 294 g/mol. The Bertz CT molecular complexity index is 1240. The van der Waals surface area contributed by atoms with E-state index in [2.05, 4.69) is 80.1 Å². The smallest absolute Gasteiger partial charge is 0.137 e. The number of aryl methyl sites for hydroxylation is 1. The lowest BCUT2D eigenvalue weighted by molar-refractivity contribution is 0.667. The first-order chi connectivity index (χ1) is 11.6. The molecule has 0 unspecified atom stereocenters. The summed E-state index contributed by atoms with van der Waals surface area (Å²) >= 11 is 0. The van der Waals surface area contributed by atoms with Crippen LogP contribution in [0.3, 0.4) is 0 Å². The summed E-state index contributed by atoms with van der Waals surface area (Å²) in [5.74, 6) is 0.505. The first kappa shape index (κ1) is 13.7. The molecule has 0 N–H and O–H groups in total. The molecule has 5 rings (SSSR count). The van der Waals surface area contributed by atoms with Gasteiger partial charge in [0.05, 0.1) is 5.52 Å². The highest BCUT2D eigenvalue weighted by Gasteiger charge is 2.14. The Morgan fingerprint density at radius 1 is 0.750 bits per heavy atom. The maximum atomic E-state index is 6.19. The van der Waals surface area contributed by atoms with Gasteiger partial charge in [-0.3, -0.25) is 0 Å². The molecule has 0 bridgehead atoms. The van der Waals surface area contributed by atoms with Crippen molar-refractivity contribution in [3.8, 4) is 0 Å². The Labute approximate surface area is 140 Å². The fourth-order valence-corrected chi connectivity index (χ4v) is 3.80. The molecule has 5 aromatic rings. The number of rotatable bonds is 1. The molecule has 0 amide bonds. The Balaban J connectivity index is 1.93. The summed E-state index contributed by atoms with van der Waals surface area (Å²) < 4.78 is 8.44. The summed E-state index contributed by atoms with van der Waals surface area (Å²) in [6.45, 7) is 4.43. The third-order valence-corrected chi connectivity index (χ3v) is 5.20. The first-order valence-corrected chi connectivity index (χ1v) is 8.47. The zero-order chi connectivity index (χ0) is 16.4. The number of fused-ring (bicyclic) bond motifs is 6. The third-order valence-electron chi connectivity index (χ3n) is 5.20. The number of hydrogen-bond acceptors (Lipinski definition) is 1. The van der Waals surface area contributed by atoms with Gasteiger partial charge in [0.15, 0.2) is 0 Å². The van der Waals surface area contributed by atoms with Crippen LogP contribution in [0.1, 0.15) is 25.3 Å². The van der Waals surface area contributed by atoms with Gasteiger partial charge in [0, 0.05) is 40.2 Å². The molecule has 3 aromatic carbocycles. The van der Waals surface area contributed by atoms with Gasteiger partial charge in [0.2, 0.25) is 0 Å². The molecule has 0 fully saturated rings. The number of nitrogens with zero attached hydrogens (tertiary/aromatic N) is 1. The van der Waals surface area contributed by atoms with E-state index in [-0.39, 0.29) is 0 Å². The van der Waals surface area contributed by atoms with E-state index in [4.69, 9.17) is 4.42 Å². The molecule has 0 atom stereocenters. The molecule has 2 heterocycles. The number of para-hydroxylation sites is 1. The Morgan fingerprint density at radius 2 is 1.54 bits per heavy atom. The van der Waals surface area contributed by atoms with Crippen molar-refractivity contribution < 1.29 is 4.42 Å². The highest BCUT2D eigenvalue weighted by atomic mass is 16.3. The van der Waals surface area contributed by atoms with Crippen LogP contribution in [-0.4, -0.2) is 4.57 Å². The molecule has 0 spiro atoms. The number of hydrogen-bond donors (Lipinski definition) is 0. The topological polar surface area (TPSA) is 18.1 Å². The van der Waals surface area contributed by atoms with Gasteiger partial charge in [-0.25, -0.2) is 0 Å². The standard InChI is InChI=1S/C22H19NO/c1-13(2)14-8-9-16-18-11-17-15-6-4-5-7-19(15)23(3)20(17)12-22(18)24-21(16)10-14/h4-13H,1-3H3. The lowest BCUT2D eigenvalue weighted by atomic mass is 10.0. The van der Waals surface area contributed by atoms with Crippen molar-refractivity contribution in [1.29, 1.82) is 0 Å². The minimum Gasteiger partial charge on any atom is -0.456 e. The van der Waals surface area contributed by atoms with E-state index in [9.17, 15) is 0 Å². The van der Waals surface area contributed by atoms with Crippen molar-refractivity contribution in [3.63, 3.8) is 0 Å². The molecule has 2 aromatic heterocycles. The maximum Gasteiger partial charge on any atom is 0.137 e. The van der Waals surface area contributed by atoms with Crippen LogP contribution in [0.5, 0.6) is 0 Å². The van der Waals surface area contributed by atoms with Crippen molar-refractivity contribution in [3.05, 3.63) is 60.2 Å². The Hall–Kier alpha value is -2.74. The van der Waals surface area contributed by atoms with Crippen molar-refractivity contribution >= 4 is 43.7 Å². The van der Waals surface area contributed by atoms with Gasteiger partial charge < -0.3 is 8.98 Å². The summed E-state index contributed by atoms with van der Waals surface area (Å²) in [6, 6.07) is 19.6. The van der Waals surface area contributed by atoms with E-state index in [1.54, 1.807) is 0 Å². The van der Waals surface area contributed by atoms with Crippen LogP contribution in [0, 0.1) is 0 Å². The summed E-state index contributed by atoms with van der Waals surface area (Å²) in [4.78, 5) is 0. The van der Waals surface area contributed by atoms with Crippen molar-refractivity contribution in [1.82, 2.24) is 4.57 Å². The SMILES string of the molecule is CC(C)c1ccc2c(c1)oc1cc3c(cc12)c1ccccc1n3C. The molecule has 118 valence electrons. The Kier molecular flexibility index (Phi) is 2.64. The third kappa shape index (κ3) is 1.71. The lowest BCUT2D eigenvalue weighted by Crippen LogP contribution is -1.85. The average molecular weight is 313 g/mol. The molecule has 2 nitrogen and oxygen atoms in total. The maximum absolute atomic E-state index is 6.19.